The summed E-state index contributed by atoms with van der Waals surface area (Å²) in [5.41, 5.74) is 0.655. The Balaban J connectivity index is 2.63. The van der Waals surface area contributed by atoms with Crippen molar-refractivity contribution in [1.82, 2.24) is 0 Å². The molecule has 0 unspecified atom stereocenters. The molecule has 0 amide bonds. The fourth-order valence-corrected chi connectivity index (χ4v) is 1.50. The highest BCUT2D eigenvalue weighted by atomic mass is 16.6. The molecule has 1 aromatic carbocycles. The molecule has 1 aromatic rings. The Hall–Kier alpha value is -1.91. The molecule has 0 aliphatic carbocycles. The lowest BCUT2D eigenvalue weighted by atomic mass is 9.79. The largest absolute Gasteiger partial charge is 0.492 e. The zero-order valence-corrected chi connectivity index (χ0v) is 7.51. The van der Waals surface area contributed by atoms with Gasteiger partial charge in [0.15, 0.2) is 0 Å². The van der Waals surface area contributed by atoms with Crippen LogP contribution in [0.4, 0.5) is 5.69 Å². The minimum Gasteiger partial charge on any atom is -0.423 e. The van der Waals surface area contributed by atoms with Crippen LogP contribution in [0.1, 0.15) is 11.1 Å². The summed E-state index contributed by atoms with van der Waals surface area (Å²) < 4.78 is 4.88. The Labute approximate surface area is 85.0 Å². The standard InChI is InChI=1S/C8H5BN2O4/c10-3-5-1-6-4-15-9(12)7(6)2-8(5)11(13)14/h1-2,12H,4H2. The highest BCUT2D eigenvalue weighted by Crippen LogP contribution is 2.21. The summed E-state index contributed by atoms with van der Waals surface area (Å²) >= 11 is 0. The van der Waals surface area contributed by atoms with E-state index in [4.69, 9.17) is 9.92 Å². The second kappa shape index (κ2) is 3.35. The minimum absolute atomic E-state index is 0.0172. The van der Waals surface area contributed by atoms with Crippen molar-refractivity contribution in [1.29, 1.82) is 5.26 Å². The molecule has 1 N–H and O–H groups in total. The van der Waals surface area contributed by atoms with E-state index >= 15 is 0 Å². The van der Waals surface area contributed by atoms with E-state index in [1.54, 1.807) is 6.07 Å². The summed E-state index contributed by atoms with van der Waals surface area (Å²) in [6, 6.07) is 4.31. The summed E-state index contributed by atoms with van der Waals surface area (Å²) in [5.74, 6) is 0. The zero-order chi connectivity index (χ0) is 11.0. The summed E-state index contributed by atoms with van der Waals surface area (Å²) in [6.07, 6.45) is 0. The van der Waals surface area contributed by atoms with Crippen LogP contribution in [0.3, 0.4) is 0 Å². The van der Waals surface area contributed by atoms with Crippen molar-refractivity contribution >= 4 is 18.3 Å². The van der Waals surface area contributed by atoms with Gasteiger partial charge < -0.3 is 9.68 Å². The lowest BCUT2D eigenvalue weighted by molar-refractivity contribution is -0.385. The molecule has 1 aliphatic rings. The smallest absolute Gasteiger partial charge is 0.423 e. The zero-order valence-electron chi connectivity index (χ0n) is 7.51. The predicted octanol–water partition coefficient (Wildman–Crippen LogP) is -0.316. The van der Waals surface area contributed by atoms with E-state index in [1.165, 1.54) is 12.1 Å². The second-order valence-corrected chi connectivity index (χ2v) is 3.10. The summed E-state index contributed by atoms with van der Waals surface area (Å²) in [5, 5.41) is 28.6. The Morgan fingerprint density at radius 3 is 3.00 bits per heavy atom. The van der Waals surface area contributed by atoms with Gasteiger partial charge in [0.1, 0.15) is 11.6 Å². The van der Waals surface area contributed by atoms with E-state index in [0.29, 0.717) is 11.0 Å². The third-order valence-electron chi connectivity index (χ3n) is 2.24. The van der Waals surface area contributed by atoms with Crippen molar-refractivity contribution in [3.63, 3.8) is 0 Å². The molecule has 15 heavy (non-hydrogen) atoms. The average Bonchev–Trinajstić information content (AvgIpc) is 2.58. The maximum absolute atomic E-state index is 10.6. The first-order valence-electron chi connectivity index (χ1n) is 4.14. The number of nitriles is 1. The molecule has 0 aromatic heterocycles. The molecular weight excluding hydrogens is 199 g/mol. The van der Waals surface area contributed by atoms with Gasteiger partial charge in [0.05, 0.1) is 11.5 Å². The van der Waals surface area contributed by atoms with Crippen LogP contribution in [-0.4, -0.2) is 17.1 Å². The van der Waals surface area contributed by atoms with Crippen molar-refractivity contribution in [2.45, 2.75) is 6.61 Å². The number of nitrogens with zero attached hydrogens (tertiary/aromatic N) is 2. The molecule has 74 valence electrons. The maximum Gasteiger partial charge on any atom is 0.492 e. The molecule has 0 spiro atoms. The molecule has 1 heterocycles. The molecule has 0 bridgehead atoms. The Morgan fingerprint density at radius 2 is 2.40 bits per heavy atom. The van der Waals surface area contributed by atoms with Gasteiger partial charge in [-0.05, 0) is 17.1 Å². The van der Waals surface area contributed by atoms with Crippen LogP contribution >= 0.6 is 0 Å². The van der Waals surface area contributed by atoms with Crippen LogP contribution in [0.5, 0.6) is 0 Å². The van der Waals surface area contributed by atoms with Crippen LogP contribution in [0.15, 0.2) is 12.1 Å². The maximum atomic E-state index is 10.6. The first-order chi connectivity index (χ1) is 7.13. The molecule has 2 rings (SSSR count). The Morgan fingerprint density at radius 1 is 1.67 bits per heavy atom. The number of hydrogen-bond acceptors (Lipinski definition) is 5. The highest BCUT2D eigenvalue weighted by Gasteiger charge is 2.31. The number of nitro groups is 1. The van der Waals surface area contributed by atoms with E-state index in [0.717, 1.165) is 0 Å². The van der Waals surface area contributed by atoms with Gasteiger partial charge in [-0.15, -0.1) is 0 Å². The lowest BCUT2D eigenvalue weighted by Crippen LogP contribution is -2.28. The van der Waals surface area contributed by atoms with Gasteiger partial charge >= 0.3 is 7.12 Å². The quantitative estimate of drug-likeness (QED) is 0.384. The molecular formula is C8H5BN2O4. The van der Waals surface area contributed by atoms with E-state index in [-0.39, 0.29) is 17.9 Å². The van der Waals surface area contributed by atoms with E-state index in [1.807, 2.05) is 0 Å². The number of fused-ring (bicyclic) bond motifs is 1. The fourth-order valence-electron chi connectivity index (χ4n) is 1.50. The van der Waals surface area contributed by atoms with E-state index < -0.39 is 12.0 Å². The molecule has 0 fully saturated rings. The first-order valence-corrected chi connectivity index (χ1v) is 4.14. The first kappa shape index (κ1) is 9.64. The molecule has 7 heteroatoms. The topological polar surface area (TPSA) is 96.4 Å². The molecule has 0 saturated carbocycles. The van der Waals surface area contributed by atoms with Gasteiger partial charge in [0, 0.05) is 6.07 Å². The minimum atomic E-state index is -1.13. The van der Waals surface area contributed by atoms with Gasteiger partial charge in [0.25, 0.3) is 5.69 Å². The monoisotopic (exact) mass is 204 g/mol. The van der Waals surface area contributed by atoms with Crippen LogP contribution in [-0.2, 0) is 11.3 Å². The summed E-state index contributed by atoms with van der Waals surface area (Å²) in [6.45, 7) is 0.170. The average molecular weight is 204 g/mol. The Kier molecular flexibility index (Phi) is 2.15. The molecule has 0 atom stereocenters. The fraction of sp³-hybridized carbons (Fsp3) is 0.125. The highest BCUT2D eigenvalue weighted by molar-refractivity contribution is 6.61. The van der Waals surface area contributed by atoms with Gasteiger partial charge in [-0.1, -0.05) is 0 Å². The predicted molar refractivity (Wildman–Crippen MR) is 50.2 cm³/mol. The van der Waals surface area contributed by atoms with Gasteiger partial charge in [-0.3, -0.25) is 10.1 Å². The molecule has 0 radical (unpaired) electrons. The Bertz CT molecular complexity index is 482. The van der Waals surface area contributed by atoms with Crippen LogP contribution < -0.4 is 5.46 Å². The lowest BCUT2D eigenvalue weighted by Gasteiger charge is -1.99. The van der Waals surface area contributed by atoms with Crippen molar-refractivity contribution in [3.8, 4) is 6.07 Å². The number of benzene rings is 1. The van der Waals surface area contributed by atoms with Crippen molar-refractivity contribution in [2.24, 2.45) is 0 Å². The van der Waals surface area contributed by atoms with Gasteiger partial charge in [-0.2, -0.15) is 5.26 Å². The van der Waals surface area contributed by atoms with E-state index in [2.05, 4.69) is 0 Å². The second-order valence-electron chi connectivity index (χ2n) is 3.10. The SMILES string of the molecule is N#Cc1cc2c(cc1[N+](=O)[O-])B(O)OC2. The van der Waals surface area contributed by atoms with Crippen LogP contribution in [0, 0.1) is 21.4 Å². The third-order valence-corrected chi connectivity index (χ3v) is 2.24. The van der Waals surface area contributed by atoms with Crippen molar-refractivity contribution in [3.05, 3.63) is 33.4 Å². The molecule has 0 saturated heterocycles. The van der Waals surface area contributed by atoms with Gasteiger partial charge in [0.2, 0.25) is 0 Å². The molecule has 6 nitrogen and oxygen atoms in total. The third kappa shape index (κ3) is 1.46. The van der Waals surface area contributed by atoms with Crippen molar-refractivity contribution in [2.75, 3.05) is 0 Å². The number of hydrogen-bond donors (Lipinski definition) is 1. The number of rotatable bonds is 1. The van der Waals surface area contributed by atoms with Gasteiger partial charge in [-0.25, -0.2) is 0 Å². The molecule has 1 aliphatic heterocycles. The normalized spacial score (nSPS) is 13.5. The summed E-state index contributed by atoms with van der Waals surface area (Å²) in [4.78, 5) is 9.97. The van der Waals surface area contributed by atoms with E-state index in [9.17, 15) is 15.1 Å². The van der Waals surface area contributed by atoms with Crippen molar-refractivity contribution < 1.29 is 14.6 Å². The van der Waals surface area contributed by atoms with Crippen LogP contribution in [0.25, 0.3) is 0 Å². The number of nitro benzene ring substituents is 1. The summed E-state index contributed by atoms with van der Waals surface area (Å²) in [7, 11) is -1.13. The van der Waals surface area contributed by atoms with Crippen LogP contribution in [0.2, 0.25) is 0 Å².